The molecule has 0 saturated heterocycles. The summed E-state index contributed by atoms with van der Waals surface area (Å²) in [6.07, 6.45) is 5.54. The first-order valence-electron chi connectivity index (χ1n) is 12.6. The molecule has 3 nitrogen and oxygen atoms in total. The van der Waals surface area contributed by atoms with Gasteiger partial charge < -0.3 is 4.98 Å². The van der Waals surface area contributed by atoms with Crippen molar-refractivity contribution in [3.63, 3.8) is 0 Å². The fourth-order valence-electron chi connectivity index (χ4n) is 5.17. The predicted molar refractivity (Wildman–Crippen MR) is 158 cm³/mol. The second-order valence-corrected chi connectivity index (χ2v) is 9.20. The Morgan fingerprint density at radius 1 is 0.436 bits per heavy atom. The van der Waals surface area contributed by atoms with E-state index in [0.717, 1.165) is 38.4 Å². The summed E-state index contributed by atoms with van der Waals surface area (Å²) in [5.74, 6) is 0. The Morgan fingerprint density at radius 2 is 1.00 bits per heavy atom. The summed E-state index contributed by atoms with van der Waals surface area (Å²) in [5, 5.41) is 9.43. The van der Waals surface area contributed by atoms with Gasteiger partial charge in [0, 0.05) is 55.8 Å². The third-order valence-corrected chi connectivity index (χ3v) is 6.96. The molecule has 8 rings (SSSR count). The van der Waals surface area contributed by atoms with E-state index >= 15 is 0 Å². The van der Waals surface area contributed by atoms with Crippen LogP contribution >= 0.6 is 0 Å². The van der Waals surface area contributed by atoms with E-state index in [0.29, 0.717) is 0 Å². The van der Waals surface area contributed by atoms with Crippen LogP contribution in [-0.4, -0.2) is 15.0 Å². The molecule has 0 N–H and O–H groups in total. The van der Waals surface area contributed by atoms with Gasteiger partial charge in [-0.1, -0.05) is 90.3 Å². The summed E-state index contributed by atoms with van der Waals surface area (Å²) < 4.78 is 0. The molecule has 3 aromatic heterocycles. The first kappa shape index (κ1) is 24.9. The van der Waals surface area contributed by atoms with Crippen LogP contribution < -0.4 is 0 Å². The summed E-state index contributed by atoms with van der Waals surface area (Å²) in [5.41, 5.74) is 4.12. The average Bonchev–Trinajstić information content (AvgIpc) is 3.00. The minimum absolute atomic E-state index is 0. The molecule has 0 fully saturated rings. The van der Waals surface area contributed by atoms with Crippen molar-refractivity contribution in [3.05, 3.63) is 140 Å². The Morgan fingerprint density at radius 3 is 1.69 bits per heavy atom. The predicted octanol–water partition coefficient (Wildman–Crippen LogP) is 8.79. The fraction of sp³-hybridized carbons (Fsp3) is 0. The molecule has 0 saturated carbocycles. The van der Waals surface area contributed by atoms with Gasteiger partial charge in [-0.25, -0.2) is 0 Å². The number of hydrogen-bond donors (Lipinski definition) is 0. The van der Waals surface area contributed by atoms with Crippen LogP contribution in [0.4, 0.5) is 0 Å². The summed E-state index contributed by atoms with van der Waals surface area (Å²) in [4.78, 5) is 13.6. The number of benzene rings is 5. The first-order chi connectivity index (χ1) is 18.9. The number of aromatic nitrogens is 3. The van der Waals surface area contributed by atoms with Crippen molar-refractivity contribution in [2.75, 3.05) is 0 Å². The monoisotopic (exact) mass is 679 g/mol. The van der Waals surface area contributed by atoms with Crippen LogP contribution in [0.25, 0.3) is 65.4 Å². The molecule has 0 amide bonds. The van der Waals surface area contributed by atoms with E-state index in [4.69, 9.17) is 0 Å². The van der Waals surface area contributed by atoms with Gasteiger partial charge in [-0.05, 0) is 40.1 Å². The largest absolute Gasteiger partial charge is 0.304 e. The Bertz CT molecular complexity index is 1940. The molecular weight excluding hydrogens is 657 g/mol. The molecule has 3 heterocycles. The number of hydrogen-bond acceptors (Lipinski definition) is 3. The zero-order chi connectivity index (χ0) is 25.3. The van der Waals surface area contributed by atoms with Crippen LogP contribution in [0.5, 0.6) is 0 Å². The van der Waals surface area contributed by atoms with Crippen LogP contribution in [0.2, 0.25) is 0 Å². The van der Waals surface area contributed by atoms with Crippen LogP contribution in [0.15, 0.2) is 134 Å². The van der Waals surface area contributed by atoms with Gasteiger partial charge in [0.25, 0.3) is 0 Å². The Balaban J connectivity index is 0.000000139. The Labute approximate surface area is 240 Å². The molecule has 39 heavy (non-hydrogen) atoms. The van der Waals surface area contributed by atoms with Gasteiger partial charge in [0.1, 0.15) is 0 Å². The maximum Gasteiger partial charge on any atom is 0.0802 e. The molecular formula is C35H22N3Pt-. The van der Waals surface area contributed by atoms with E-state index in [1.54, 1.807) is 0 Å². The number of rotatable bonds is 1. The van der Waals surface area contributed by atoms with E-state index in [9.17, 15) is 0 Å². The van der Waals surface area contributed by atoms with Crippen molar-refractivity contribution in [2.24, 2.45) is 0 Å². The van der Waals surface area contributed by atoms with Crippen molar-refractivity contribution in [2.45, 2.75) is 0 Å². The van der Waals surface area contributed by atoms with Gasteiger partial charge >= 0.3 is 0 Å². The average molecular weight is 680 g/mol. The van der Waals surface area contributed by atoms with Crippen LogP contribution in [0.1, 0.15) is 0 Å². The molecule has 0 aliphatic heterocycles. The second kappa shape index (κ2) is 10.7. The molecule has 5 aromatic carbocycles. The van der Waals surface area contributed by atoms with Gasteiger partial charge in [0.05, 0.1) is 11.0 Å². The zero-order valence-electron chi connectivity index (χ0n) is 20.9. The molecule has 4 heteroatoms. The van der Waals surface area contributed by atoms with Crippen molar-refractivity contribution in [3.8, 4) is 11.3 Å². The standard InChI is InChI=1S/C19H12N.C16H10N2.Pt/c1-3-9-16-14(6-1)8-5-11-18(16)19-17-10-4-2-7-15(17)12-13-20-19;1-3-12-7-5-11-6-8-13-4-2-10-18-16(13)14(11)15(12)17-9-1;/h1-10,12-13H;1-10H;/q-1;;. The molecule has 188 valence electrons. The van der Waals surface area contributed by atoms with Crippen LogP contribution in [-0.2, 0) is 21.1 Å². The van der Waals surface area contributed by atoms with Gasteiger partial charge in [-0.15, -0.1) is 29.1 Å². The third kappa shape index (κ3) is 4.56. The minimum atomic E-state index is 0. The molecule has 0 aliphatic carbocycles. The van der Waals surface area contributed by atoms with Crippen molar-refractivity contribution in [1.82, 2.24) is 15.0 Å². The summed E-state index contributed by atoms with van der Waals surface area (Å²) in [6.45, 7) is 0. The SMILES string of the molecule is [Pt].[c-]1ccc2ccccc2c1-c1nccc2ccccc12.c1cnc2c(c1)ccc1ccc3cccnc3c12. The number of pyridine rings is 3. The topological polar surface area (TPSA) is 38.7 Å². The van der Waals surface area contributed by atoms with E-state index in [-0.39, 0.29) is 21.1 Å². The third-order valence-electron chi connectivity index (χ3n) is 6.96. The van der Waals surface area contributed by atoms with Crippen molar-refractivity contribution in [1.29, 1.82) is 0 Å². The number of nitrogens with zero attached hydrogens (tertiary/aromatic N) is 3. The fourth-order valence-corrected chi connectivity index (χ4v) is 5.17. The first-order valence-corrected chi connectivity index (χ1v) is 12.6. The van der Waals surface area contributed by atoms with Gasteiger partial charge in [-0.2, -0.15) is 0 Å². The maximum atomic E-state index is 4.60. The van der Waals surface area contributed by atoms with Crippen LogP contribution in [0.3, 0.4) is 0 Å². The number of fused-ring (bicyclic) bond motifs is 7. The Kier molecular flexibility index (Phi) is 6.83. The van der Waals surface area contributed by atoms with E-state index in [1.807, 2.05) is 42.9 Å². The molecule has 0 spiro atoms. The van der Waals surface area contributed by atoms with Crippen molar-refractivity contribution < 1.29 is 21.1 Å². The second-order valence-electron chi connectivity index (χ2n) is 9.20. The Hall–Kier alpha value is -4.46. The molecule has 0 radical (unpaired) electrons. The zero-order valence-corrected chi connectivity index (χ0v) is 23.1. The summed E-state index contributed by atoms with van der Waals surface area (Å²) >= 11 is 0. The molecule has 0 unspecified atom stereocenters. The molecule has 0 atom stereocenters. The van der Waals surface area contributed by atoms with E-state index < -0.39 is 0 Å². The van der Waals surface area contributed by atoms with E-state index in [2.05, 4.69) is 112 Å². The molecule has 0 bridgehead atoms. The maximum absolute atomic E-state index is 4.60. The summed E-state index contributed by atoms with van der Waals surface area (Å²) in [7, 11) is 0. The normalized spacial score (nSPS) is 10.9. The van der Waals surface area contributed by atoms with Crippen molar-refractivity contribution >= 4 is 54.1 Å². The molecule has 0 aliphatic rings. The molecule has 8 aromatic rings. The summed E-state index contributed by atoms with van der Waals surface area (Å²) in [6, 6.07) is 42.8. The minimum Gasteiger partial charge on any atom is -0.304 e. The van der Waals surface area contributed by atoms with Gasteiger partial charge in [0.2, 0.25) is 0 Å². The smallest absolute Gasteiger partial charge is 0.0802 e. The van der Waals surface area contributed by atoms with Gasteiger partial charge in [-0.3, -0.25) is 9.97 Å². The van der Waals surface area contributed by atoms with Gasteiger partial charge in [0.15, 0.2) is 0 Å². The quantitative estimate of drug-likeness (QED) is 0.129. The van der Waals surface area contributed by atoms with Crippen LogP contribution in [0, 0.1) is 6.07 Å². The van der Waals surface area contributed by atoms with E-state index in [1.165, 1.54) is 26.9 Å².